The molecule has 26 heavy (non-hydrogen) atoms. The van der Waals surface area contributed by atoms with Crippen LogP contribution in [0.3, 0.4) is 0 Å². The SMILES string of the molecule is O=C(COC(=O)C1=NN([C@@H]2CCS(=O)(=O)C2)C(=O)CC1)NCC(F)(F)F. The van der Waals surface area contributed by atoms with Gasteiger partial charge < -0.3 is 10.1 Å². The minimum Gasteiger partial charge on any atom is -0.451 e. The van der Waals surface area contributed by atoms with Crippen molar-refractivity contribution in [3.8, 4) is 0 Å². The van der Waals surface area contributed by atoms with Gasteiger partial charge in [-0.05, 0) is 6.42 Å². The second-order valence-electron chi connectivity index (χ2n) is 5.81. The van der Waals surface area contributed by atoms with Crippen LogP contribution in [-0.2, 0) is 29.0 Å². The van der Waals surface area contributed by atoms with Crippen molar-refractivity contribution >= 4 is 33.3 Å². The van der Waals surface area contributed by atoms with Crippen LogP contribution in [0.25, 0.3) is 0 Å². The second-order valence-corrected chi connectivity index (χ2v) is 8.04. The summed E-state index contributed by atoms with van der Waals surface area (Å²) in [6.07, 6.45) is -4.56. The summed E-state index contributed by atoms with van der Waals surface area (Å²) in [6.45, 7) is -2.48. The van der Waals surface area contributed by atoms with Gasteiger partial charge in [0.2, 0.25) is 5.91 Å². The Balaban J connectivity index is 1.92. The van der Waals surface area contributed by atoms with E-state index in [1.54, 1.807) is 0 Å². The molecule has 0 spiro atoms. The number of sulfone groups is 1. The van der Waals surface area contributed by atoms with Crippen LogP contribution in [-0.4, -0.2) is 73.8 Å². The highest BCUT2D eigenvalue weighted by Gasteiger charge is 2.37. The number of nitrogens with one attached hydrogen (secondary N) is 1. The zero-order valence-corrected chi connectivity index (χ0v) is 14.2. The van der Waals surface area contributed by atoms with E-state index in [-0.39, 0.29) is 36.5 Å². The highest BCUT2D eigenvalue weighted by molar-refractivity contribution is 7.91. The van der Waals surface area contributed by atoms with Crippen molar-refractivity contribution in [2.24, 2.45) is 5.10 Å². The first-order valence-electron chi connectivity index (χ1n) is 7.57. The fourth-order valence-electron chi connectivity index (χ4n) is 2.44. The minimum absolute atomic E-state index is 0.0716. The summed E-state index contributed by atoms with van der Waals surface area (Å²) in [6, 6.07) is -0.675. The van der Waals surface area contributed by atoms with Gasteiger partial charge in [0.05, 0.1) is 17.5 Å². The molecule has 2 amide bonds. The highest BCUT2D eigenvalue weighted by atomic mass is 32.2. The third kappa shape index (κ3) is 5.68. The second kappa shape index (κ2) is 7.60. The van der Waals surface area contributed by atoms with Crippen LogP contribution >= 0.6 is 0 Å². The molecule has 0 saturated carbocycles. The minimum atomic E-state index is -4.59. The van der Waals surface area contributed by atoms with Crippen LogP contribution in [0.15, 0.2) is 5.10 Å². The maximum Gasteiger partial charge on any atom is 0.405 e. The van der Waals surface area contributed by atoms with E-state index in [1.807, 2.05) is 0 Å². The largest absolute Gasteiger partial charge is 0.451 e. The molecule has 2 aliphatic heterocycles. The summed E-state index contributed by atoms with van der Waals surface area (Å²) in [5.74, 6) is -2.97. The first-order valence-corrected chi connectivity index (χ1v) is 9.39. The molecule has 146 valence electrons. The van der Waals surface area contributed by atoms with E-state index in [1.165, 1.54) is 5.32 Å². The standard InChI is InChI=1S/C13H16F3N3O6S/c14-13(15,16)7-17-10(20)5-25-12(22)9-1-2-11(21)19(18-9)8-3-4-26(23,24)6-8/h8H,1-7H2,(H,17,20)/t8-/m1/s1. The molecule has 0 aliphatic carbocycles. The molecule has 1 atom stereocenters. The maximum atomic E-state index is 12.0. The number of esters is 1. The zero-order chi connectivity index (χ0) is 19.5. The van der Waals surface area contributed by atoms with E-state index in [2.05, 4.69) is 9.84 Å². The van der Waals surface area contributed by atoms with Crippen molar-refractivity contribution in [2.75, 3.05) is 24.7 Å². The van der Waals surface area contributed by atoms with Crippen molar-refractivity contribution in [3.63, 3.8) is 0 Å². The summed E-state index contributed by atoms with van der Waals surface area (Å²) in [5, 5.41) is 6.30. The van der Waals surface area contributed by atoms with Gasteiger partial charge in [0.1, 0.15) is 12.3 Å². The van der Waals surface area contributed by atoms with Crippen LogP contribution < -0.4 is 5.32 Å². The molecule has 9 nitrogen and oxygen atoms in total. The lowest BCUT2D eigenvalue weighted by atomic mass is 10.1. The molecule has 0 radical (unpaired) electrons. The molecule has 0 aromatic rings. The number of ether oxygens (including phenoxy) is 1. The fraction of sp³-hybridized carbons (Fsp3) is 0.692. The first kappa shape index (κ1) is 20.1. The summed E-state index contributed by atoms with van der Waals surface area (Å²) < 4.78 is 63.5. The van der Waals surface area contributed by atoms with E-state index >= 15 is 0 Å². The van der Waals surface area contributed by atoms with E-state index < -0.39 is 53.0 Å². The van der Waals surface area contributed by atoms with Crippen LogP contribution in [0, 0.1) is 0 Å². The molecule has 2 rings (SSSR count). The quantitative estimate of drug-likeness (QED) is 0.615. The third-order valence-electron chi connectivity index (χ3n) is 3.67. The van der Waals surface area contributed by atoms with Gasteiger partial charge in [-0.15, -0.1) is 0 Å². The molecule has 1 fully saturated rings. The molecular weight excluding hydrogens is 383 g/mol. The fourth-order valence-corrected chi connectivity index (χ4v) is 4.13. The molecule has 0 aromatic heterocycles. The highest BCUT2D eigenvalue weighted by Crippen LogP contribution is 2.22. The van der Waals surface area contributed by atoms with Gasteiger partial charge in [0.25, 0.3) is 5.91 Å². The summed E-state index contributed by atoms with van der Waals surface area (Å²) in [4.78, 5) is 35.0. The number of rotatable bonds is 5. The van der Waals surface area contributed by atoms with Crippen LogP contribution in [0.1, 0.15) is 19.3 Å². The van der Waals surface area contributed by atoms with E-state index in [0.29, 0.717) is 0 Å². The van der Waals surface area contributed by atoms with Crippen LogP contribution in [0.2, 0.25) is 0 Å². The lowest BCUT2D eigenvalue weighted by Gasteiger charge is -2.27. The average Bonchev–Trinajstić information content (AvgIpc) is 2.90. The van der Waals surface area contributed by atoms with Crippen molar-refractivity contribution in [1.29, 1.82) is 0 Å². The molecule has 1 saturated heterocycles. The number of carbonyl (C=O) groups is 3. The van der Waals surface area contributed by atoms with Gasteiger partial charge in [-0.2, -0.15) is 18.3 Å². The van der Waals surface area contributed by atoms with Gasteiger partial charge in [-0.3, -0.25) is 9.59 Å². The molecule has 2 aliphatic rings. The van der Waals surface area contributed by atoms with Gasteiger partial charge in [0.15, 0.2) is 16.4 Å². The Kier molecular flexibility index (Phi) is 5.88. The van der Waals surface area contributed by atoms with E-state index in [4.69, 9.17) is 0 Å². The average molecular weight is 399 g/mol. The zero-order valence-electron chi connectivity index (χ0n) is 13.4. The number of amides is 2. The Hall–Kier alpha value is -2.18. The Morgan fingerprint density at radius 2 is 2.00 bits per heavy atom. The Bertz CT molecular complexity index is 734. The number of carbonyl (C=O) groups excluding carboxylic acids is 3. The van der Waals surface area contributed by atoms with Crippen molar-refractivity contribution in [2.45, 2.75) is 31.5 Å². The monoisotopic (exact) mass is 399 g/mol. The number of nitrogens with zero attached hydrogens (tertiary/aromatic N) is 2. The van der Waals surface area contributed by atoms with Crippen molar-refractivity contribution in [3.05, 3.63) is 0 Å². The van der Waals surface area contributed by atoms with Crippen LogP contribution in [0.4, 0.5) is 13.2 Å². The molecule has 0 aromatic carbocycles. The number of hydrazone groups is 1. The molecular formula is C13H16F3N3O6S. The van der Waals surface area contributed by atoms with Gasteiger partial charge in [-0.25, -0.2) is 18.2 Å². The van der Waals surface area contributed by atoms with E-state index in [0.717, 1.165) is 5.01 Å². The van der Waals surface area contributed by atoms with E-state index in [9.17, 15) is 36.0 Å². The van der Waals surface area contributed by atoms with Crippen molar-refractivity contribution < 1.29 is 40.7 Å². The van der Waals surface area contributed by atoms with Gasteiger partial charge >= 0.3 is 12.1 Å². The van der Waals surface area contributed by atoms with Gasteiger partial charge in [-0.1, -0.05) is 0 Å². The van der Waals surface area contributed by atoms with Gasteiger partial charge in [0, 0.05) is 12.8 Å². The predicted molar refractivity (Wildman–Crippen MR) is 80.6 cm³/mol. The third-order valence-corrected chi connectivity index (χ3v) is 5.42. The maximum absolute atomic E-state index is 12.0. The molecule has 1 N–H and O–H groups in total. The molecule has 13 heteroatoms. The lowest BCUT2D eigenvalue weighted by Crippen LogP contribution is -2.42. The number of alkyl halides is 3. The number of hydrogen-bond acceptors (Lipinski definition) is 7. The topological polar surface area (TPSA) is 122 Å². The Morgan fingerprint density at radius 3 is 2.58 bits per heavy atom. The smallest absolute Gasteiger partial charge is 0.405 e. The first-order chi connectivity index (χ1) is 12.0. The normalized spacial score (nSPS) is 22.7. The predicted octanol–water partition coefficient (Wildman–Crippen LogP) is -0.626. The number of halogens is 3. The van der Waals surface area contributed by atoms with Crippen LogP contribution in [0.5, 0.6) is 0 Å². The van der Waals surface area contributed by atoms with Crippen molar-refractivity contribution in [1.82, 2.24) is 10.3 Å². The molecule has 0 bridgehead atoms. The summed E-state index contributed by atoms with van der Waals surface area (Å²) in [7, 11) is -3.27. The molecule has 2 heterocycles. The Labute approximate surface area is 146 Å². The lowest BCUT2D eigenvalue weighted by molar-refractivity contribution is -0.147. The summed E-state index contributed by atoms with van der Waals surface area (Å²) >= 11 is 0. The number of hydrogen-bond donors (Lipinski definition) is 1. The Morgan fingerprint density at radius 1 is 1.31 bits per heavy atom. The summed E-state index contributed by atoms with van der Waals surface area (Å²) in [5.41, 5.74) is -0.197. The molecule has 0 unspecified atom stereocenters.